The van der Waals surface area contributed by atoms with Crippen LogP contribution < -0.4 is 20.4 Å². The molecule has 2 fully saturated rings. The molecule has 40 heavy (non-hydrogen) atoms. The fourth-order valence-electron chi connectivity index (χ4n) is 6.24. The predicted molar refractivity (Wildman–Crippen MR) is 166 cm³/mol. The van der Waals surface area contributed by atoms with E-state index in [0.717, 1.165) is 68.9 Å². The highest BCUT2D eigenvalue weighted by Crippen LogP contribution is 2.36. The van der Waals surface area contributed by atoms with Crippen molar-refractivity contribution in [3.63, 3.8) is 0 Å². The Labute approximate surface area is 247 Å². The fraction of sp³-hybridized carbons (Fsp3) is 0.452. The molecule has 3 aliphatic heterocycles. The molecule has 1 atom stereocenters. The molecule has 9 heteroatoms. The Kier molecular flexibility index (Phi) is 8.10. The van der Waals surface area contributed by atoms with Crippen molar-refractivity contribution in [2.45, 2.75) is 51.1 Å². The Balaban J connectivity index is 1.21. The summed E-state index contributed by atoms with van der Waals surface area (Å²) in [5.41, 5.74) is 3.81. The van der Waals surface area contributed by atoms with Gasteiger partial charge < -0.3 is 25.2 Å². The predicted octanol–water partition coefficient (Wildman–Crippen LogP) is 5.92. The van der Waals surface area contributed by atoms with Crippen LogP contribution >= 0.6 is 23.8 Å². The van der Waals surface area contributed by atoms with Crippen molar-refractivity contribution in [1.29, 1.82) is 0 Å². The minimum absolute atomic E-state index is 0.103. The third-order valence-corrected chi connectivity index (χ3v) is 9.03. The lowest BCUT2D eigenvalue weighted by Crippen LogP contribution is -2.45. The molecule has 0 amide bonds. The van der Waals surface area contributed by atoms with Gasteiger partial charge >= 0.3 is 0 Å². The summed E-state index contributed by atoms with van der Waals surface area (Å²) in [7, 11) is 0. The van der Waals surface area contributed by atoms with Crippen LogP contribution in [0.5, 0.6) is 0 Å². The number of halogens is 1. The van der Waals surface area contributed by atoms with Crippen LogP contribution in [0.15, 0.2) is 54.6 Å². The first-order valence-corrected chi connectivity index (χ1v) is 15.1. The summed E-state index contributed by atoms with van der Waals surface area (Å²) in [4.78, 5) is 14.6. The van der Waals surface area contributed by atoms with Crippen LogP contribution in [0.4, 0.5) is 17.6 Å². The van der Waals surface area contributed by atoms with Gasteiger partial charge in [0.25, 0.3) is 0 Å². The van der Waals surface area contributed by atoms with E-state index in [-0.39, 0.29) is 5.41 Å². The maximum atomic E-state index is 6.37. The van der Waals surface area contributed by atoms with Crippen molar-refractivity contribution < 1.29 is 4.74 Å². The van der Waals surface area contributed by atoms with Gasteiger partial charge in [0, 0.05) is 62.4 Å². The van der Waals surface area contributed by atoms with Gasteiger partial charge in [0.15, 0.2) is 5.11 Å². The maximum Gasteiger partial charge on any atom is 0.232 e. The number of ether oxygens (including phenoxy) is 1. The molecule has 2 saturated heterocycles. The summed E-state index contributed by atoms with van der Waals surface area (Å²) in [5.74, 6) is 3.05. The van der Waals surface area contributed by atoms with E-state index < -0.39 is 0 Å². The molecule has 2 N–H and O–H groups in total. The number of rotatable bonds is 6. The van der Waals surface area contributed by atoms with E-state index >= 15 is 0 Å². The van der Waals surface area contributed by atoms with Gasteiger partial charge in [-0.25, -0.2) is 0 Å². The SMILES string of the molecule is C[C@H]1CCCN(c2cc(N3Cc4ccccc4C3)nc(NC(=S)NCC3(c4cccc(Cl)c4)CCOCC3)n2)C1. The van der Waals surface area contributed by atoms with Gasteiger partial charge in [-0.3, -0.25) is 0 Å². The van der Waals surface area contributed by atoms with Crippen LogP contribution in [0, 0.1) is 5.92 Å². The highest BCUT2D eigenvalue weighted by Gasteiger charge is 2.35. The van der Waals surface area contributed by atoms with Gasteiger partial charge in [-0.1, -0.05) is 54.9 Å². The third kappa shape index (κ3) is 6.04. The zero-order valence-corrected chi connectivity index (χ0v) is 24.6. The number of hydrogen-bond acceptors (Lipinski definition) is 6. The molecule has 7 nitrogen and oxygen atoms in total. The highest BCUT2D eigenvalue weighted by atomic mass is 35.5. The molecule has 3 aromatic rings. The first kappa shape index (κ1) is 27.2. The van der Waals surface area contributed by atoms with Crippen LogP contribution in [-0.2, 0) is 23.2 Å². The van der Waals surface area contributed by atoms with Crippen LogP contribution in [0.2, 0.25) is 5.02 Å². The second-order valence-corrected chi connectivity index (χ2v) is 12.3. The Bertz CT molecular complexity index is 1340. The molecule has 3 aliphatic rings. The van der Waals surface area contributed by atoms with Crippen molar-refractivity contribution in [3.05, 3.63) is 76.3 Å². The van der Waals surface area contributed by atoms with Crippen LogP contribution in [0.3, 0.4) is 0 Å². The number of benzene rings is 2. The normalized spacial score (nSPS) is 20.2. The molecule has 4 heterocycles. The molecule has 0 aliphatic carbocycles. The average Bonchev–Trinajstić information content (AvgIpc) is 3.41. The van der Waals surface area contributed by atoms with Gasteiger partial charge in [-0.15, -0.1) is 0 Å². The minimum Gasteiger partial charge on any atom is -0.381 e. The standard InChI is InChI=1S/C31H37ClN6OS/c1-22-6-5-13-37(18-22)27-17-28(38-19-23-7-2-3-8-24(23)20-38)35-29(34-27)36-30(40)33-21-31(11-14-39-15-12-31)25-9-4-10-26(32)16-25/h2-4,7-10,16-17,22H,5-6,11-15,18-21H2,1H3,(H2,33,34,35,36,40)/t22-/m0/s1. The van der Waals surface area contributed by atoms with Crippen LogP contribution in [0.1, 0.15) is 49.3 Å². The number of piperidine rings is 1. The second kappa shape index (κ2) is 11.9. The molecule has 0 radical (unpaired) electrons. The highest BCUT2D eigenvalue weighted by molar-refractivity contribution is 7.80. The molecule has 1 aromatic heterocycles. The summed E-state index contributed by atoms with van der Waals surface area (Å²) in [5, 5.41) is 8.08. The van der Waals surface area contributed by atoms with E-state index in [0.29, 0.717) is 23.5 Å². The summed E-state index contributed by atoms with van der Waals surface area (Å²) in [6.45, 7) is 8.13. The number of aromatic nitrogens is 2. The lowest BCUT2D eigenvalue weighted by atomic mass is 9.74. The molecule has 210 valence electrons. The van der Waals surface area contributed by atoms with Crippen LogP contribution in [-0.4, -0.2) is 47.9 Å². The van der Waals surface area contributed by atoms with E-state index in [1.807, 2.05) is 12.1 Å². The lowest BCUT2D eigenvalue weighted by Gasteiger charge is -2.38. The Morgan fingerprint density at radius 3 is 2.45 bits per heavy atom. The Morgan fingerprint density at radius 1 is 1.02 bits per heavy atom. The van der Waals surface area contributed by atoms with Gasteiger partial charge in [0.2, 0.25) is 5.95 Å². The summed E-state index contributed by atoms with van der Waals surface area (Å²) < 4.78 is 5.70. The van der Waals surface area contributed by atoms with Crippen LogP contribution in [0.25, 0.3) is 0 Å². The monoisotopic (exact) mass is 576 g/mol. The number of anilines is 3. The number of thiocarbonyl (C=S) groups is 1. The summed E-state index contributed by atoms with van der Waals surface area (Å²) >= 11 is 12.2. The Morgan fingerprint density at radius 2 is 1.75 bits per heavy atom. The third-order valence-electron chi connectivity index (χ3n) is 8.54. The van der Waals surface area contributed by atoms with E-state index in [4.69, 9.17) is 38.5 Å². The number of fused-ring (bicyclic) bond motifs is 1. The molecule has 0 bridgehead atoms. The van der Waals surface area contributed by atoms with Gasteiger partial charge in [0.1, 0.15) is 11.6 Å². The zero-order valence-electron chi connectivity index (χ0n) is 23.0. The lowest BCUT2D eigenvalue weighted by molar-refractivity contribution is 0.0515. The van der Waals surface area contributed by atoms with E-state index in [1.54, 1.807) is 0 Å². The molecule has 6 rings (SSSR count). The Hall–Kier alpha value is -2.94. The van der Waals surface area contributed by atoms with Gasteiger partial charge in [0.05, 0.1) is 0 Å². The zero-order chi connectivity index (χ0) is 27.5. The molecule has 0 unspecified atom stereocenters. The van der Waals surface area contributed by atoms with Crippen molar-refractivity contribution >= 4 is 46.5 Å². The smallest absolute Gasteiger partial charge is 0.232 e. The molecule has 0 saturated carbocycles. The largest absolute Gasteiger partial charge is 0.381 e. The van der Waals surface area contributed by atoms with Gasteiger partial charge in [-0.05, 0) is 72.6 Å². The number of hydrogen-bond donors (Lipinski definition) is 2. The van der Waals surface area contributed by atoms with Crippen molar-refractivity contribution in [2.75, 3.05) is 48.0 Å². The second-order valence-electron chi connectivity index (χ2n) is 11.4. The van der Waals surface area contributed by atoms with E-state index in [2.05, 4.69) is 69.8 Å². The van der Waals surface area contributed by atoms with Crippen molar-refractivity contribution in [3.8, 4) is 0 Å². The minimum atomic E-state index is -0.103. The molecular weight excluding hydrogens is 540 g/mol. The number of nitrogens with zero attached hydrogens (tertiary/aromatic N) is 4. The maximum absolute atomic E-state index is 6.37. The molecule has 2 aromatic carbocycles. The fourth-order valence-corrected chi connectivity index (χ4v) is 6.59. The summed E-state index contributed by atoms with van der Waals surface area (Å²) in [6, 6.07) is 18.9. The molecule has 0 spiro atoms. The molecular formula is C31H37ClN6OS. The topological polar surface area (TPSA) is 65.5 Å². The van der Waals surface area contributed by atoms with Crippen molar-refractivity contribution in [2.24, 2.45) is 5.92 Å². The van der Waals surface area contributed by atoms with Gasteiger partial charge in [-0.2, -0.15) is 9.97 Å². The number of nitrogens with one attached hydrogen (secondary N) is 2. The quantitative estimate of drug-likeness (QED) is 0.351. The van der Waals surface area contributed by atoms with Crippen molar-refractivity contribution in [1.82, 2.24) is 15.3 Å². The average molecular weight is 577 g/mol. The summed E-state index contributed by atoms with van der Waals surface area (Å²) in [6.07, 6.45) is 4.24. The first-order chi connectivity index (χ1) is 19.5. The van der Waals surface area contributed by atoms with E-state index in [1.165, 1.54) is 29.5 Å². The first-order valence-electron chi connectivity index (χ1n) is 14.3. The van der Waals surface area contributed by atoms with E-state index in [9.17, 15) is 0 Å².